The Balaban J connectivity index is 1.66. The number of urea groups is 1. The number of carbonyl (C=O) groups excluding carboxylic acids is 2. The third-order valence-corrected chi connectivity index (χ3v) is 4.50. The van der Waals surface area contributed by atoms with Crippen LogP contribution < -0.4 is 10.6 Å². The maximum Gasteiger partial charge on any atom is 0.324 e. The molecule has 20 heavy (non-hydrogen) atoms. The third kappa shape index (κ3) is 2.48. The lowest BCUT2D eigenvalue weighted by Crippen LogP contribution is -2.43. The minimum atomic E-state index is -0.395. The van der Waals surface area contributed by atoms with Crippen LogP contribution in [-0.4, -0.2) is 48.1 Å². The number of aromatic nitrogens is 1. The Labute approximate surface area is 120 Å². The van der Waals surface area contributed by atoms with Gasteiger partial charge in [0.15, 0.2) is 5.13 Å². The van der Waals surface area contributed by atoms with Gasteiger partial charge in [0.05, 0.1) is 23.8 Å². The molecule has 0 saturated carbocycles. The molecule has 7 nitrogen and oxygen atoms in total. The summed E-state index contributed by atoms with van der Waals surface area (Å²) in [6.07, 6.45) is 1.42. The lowest BCUT2D eigenvalue weighted by atomic mass is 10.2. The number of nitrogens with one attached hydrogen (secondary N) is 2. The predicted molar refractivity (Wildman–Crippen MR) is 73.7 cm³/mol. The first kappa shape index (κ1) is 13.3. The van der Waals surface area contributed by atoms with Crippen molar-refractivity contribution >= 4 is 28.4 Å². The molecule has 1 aromatic heterocycles. The normalized spacial score (nSPS) is 21.2. The summed E-state index contributed by atoms with van der Waals surface area (Å²) in [5.74, 6) is -0.102. The Hall–Kier alpha value is -1.67. The lowest BCUT2D eigenvalue weighted by molar-refractivity contribution is -0.122. The summed E-state index contributed by atoms with van der Waals surface area (Å²) in [4.78, 5) is 30.6. The SMILES string of the molecule is CN(C(=O)Nc1nc2c(s1)COCC2)C1CCNC1=O. The second-order valence-corrected chi connectivity index (χ2v) is 5.91. The van der Waals surface area contributed by atoms with Crippen LogP contribution in [0.5, 0.6) is 0 Å². The van der Waals surface area contributed by atoms with Gasteiger partial charge >= 0.3 is 6.03 Å². The van der Waals surface area contributed by atoms with E-state index in [-0.39, 0.29) is 11.9 Å². The fraction of sp³-hybridized carbons (Fsp3) is 0.583. The van der Waals surface area contributed by atoms with E-state index in [0.717, 1.165) is 17.0 Å². The van der Waals surface area contributed by atoms with Crippen molar-refractivity contribution in [3.8, 4) is 0 Å². The molecular weight excluding hydrogens is 280 g/mol. The number of fused-ring (bicyclic) bond motifs is 1. The monoisotopic (exact) mass is 296 g/mol. The van der Waals surface area contributed by atoms with Crippen LogP contribution in [0.15, 0.2) is 0 Å². The number of amides is 3. The number of likely N-dealkylation sites (N-methyl/N-ethyl adjacent to an activating group) is 1. The molecule has 1 unspecified atom stereocenters. The molecule has 3 amide bonds. The second-order valence-electron chi connectivity index (χ2n) is 4.83. The molecule has 0 aromatic carbocycles. The number of hydrogen-bond acceptors (Lipinski definition) is 5. The summed E-state index contributed by atoms with van der Waals surface area (Å²) < 4.78 is 5.35. The van der Waals surface area contributed by atoms with Gasteiger partial charge in [-0.3, -0.25) is 10.1 Å². The molecular formula is C12H16N4O3S. The van der Waals surface area contributed by atoms with Crippen molar-refractivity contribution < 1.29 is 14.3 Å². The molecule has 8 heteroatoms. The molecule has 1 fully saturated rings. The first-order chi connectivity index (χ1) is 9.65. The van der Waals surface area contributed by atoms with Crippen LogP contribution in [0, 0.1) is 0 Å². The third-order valence-electron chi connectivity index (χ3n) is 3.52. The Bertz CT molecular complexity index is 521. The number of anilines is 1. The van der Waals surface area contributed by atoms with Gasteiger partial charge in [-0.2, -0.15) is 0 Å². The van der Waals surface area contributed by atoms with Crippen molar-refractivity contribution in [3.05, 3.63) is 10.6 Å². The van der Waals surface area contributed by atoms with Crippen molar-refractivity contribution in [1.82, 2.24) is 15.2 Å². The summed E-state index contributed by atoms with van der Waals surface area (Å²) in [7, 11) is 1.63. The van der Waals surface area contributed by atoms with E-state index in [9.17, 15) is 9.59 Å². The Morgan fingerprint density at radius 3 is 3.15 bits per heavy atom. The van der Waals surface area contributed by atoms with Crippen LogP contribution in [0.4, 0.5) is 9.93 Å². The van der Waals surface area contributed by atoms with Crippen molar-refractivity contribution in [3.63, 3.8) is 0 Å². The summed E-state index contributed by atoms with van der Waals surface area (Å²) in [6, 6.07) is -0.702. The molecule has 0 radical (unpaired) electrons. The van der Waals surface area contributed by atoms with Crippen LogP contribution in [0.25, 0.3) is 0 Å². The highest BCUT2D eigenvalue weighted by Gasteiger charge is 2.31. The van der Waals surface area contributed by atoms with Crippen molar-refractivity contribution in [2.75, 3.05) is 25.5 Å². The van der Waals surface area contributed by atoms with E-state index in [4.69, 9.17) is 4.74 Å². The molecule has 3 heterocycles. The largest absolute Gasteiger partial charge is 0.375 e. The molecule has 0 spiro atoms. The molecule has 108 valence electrons. The van der Waals surface area contributed by atoms with E-state index in [2.05, 4.69) is 15.6 Å². The maximum atomic E-state index is 12.1. The van der Waals surface area contributed by atoms with E-state index >= 15 is 0 Å². The summed E-state index contributed by atoms with van der Waals surface area (Å²) in [6.45, 7) is 1.85. The zero-order chi connectivity index (χ0) is 14.1. The van der Waals surface area contributed by atoms with Gasteiger partial charge in [0.2, 0.25) is 5.91 Å². The van der Waals surface area contributed by atoms with Crippen LogP contribution in [-0.2, 0) is 22.6 Å². The summed E-state index contributed by atoms with van der Waals surface area (Å²) in [5, 5.41) is 6.04. The minimum Gasteiger partial charge on any atom is -0.375 e. The number of carbonyl (C=O) groups is 2. The fourth-order valence-electron chi connectivity index (χ4n) is 2.35. The van der Waals surface area contributed by atoms with Crippen LogP contribution in [0.2, 0.25) is 0 Å². The van der Waals surface area contributed by atoms with Gasteiger partial charge in [-0.15, -0.1) is 0 Å². The zero-order valence-corrected chi connectivity index (χ0v) is 12.0. The van der Waals surface area contributed by atoms with Crippen LogP contribution >= 0.6 is 11.3 Å². The van der Waals surface area contributed by atoms with Gasteiger partial charge in [0.1, 0.15) is 6.04 Å². The standard InChI is InChI=1S/C12H16N4O3S/c1-16(8-2-4-13-10(8)17)12(18)15-11-14-7-3-5-19-6-9(7)20-11/h8H,2-6H2,1H3,(H,13,17)(H,14,15,18). The zero-order valence-electron chi connectivity index (χ0n) is 11.1. The topological polar surface area (TPSA) is 83.6 Å². The maximum absolute atomic E-state index is 12.1. The number of rotatable bonds is 2. The van der Waals surface area contributed by atoms with Gasteiger partial charge in [-0.05, 0) is 6.42 Å². The molecule has 1 aromatic rings. The van der Waals surface area contributed by atoms with Gasteiger partial charge in [0.25, 0.3) is 0 Å². The smallest absolute Gasteiger partial charge is 0.324 e. The molecule has 0 bridgehead atoms. The lowest BCUT2D eigenvalue weighted by Gasteiger charge is -2.21. The van der Waals surface area contributed by atoms with Crippen molar-refractivity contribution in [2.45, 2.75) is 25.5 Å². The van der Waals surface area contributed by atoms with E-state index in [1.807, 2.05) is 0 Å². The molecule has 2 aliphatic heterocycles. The van der Waals surface area contributed by atoms with Gasteiger partial charge in [0, 0.05) is 20.0 Å². The molecule has 0 aliphatic carbocycles. The van der Waals surface area contributed by atoms with E-state index in [1.165, 1.54) is 16.2 Å². The number of nitrogens with zero attached hydrogens (tertiary/aromatic N) is 2. The Morgan fingerprint density at radius 2 is 2.45 bits per heavy atom. The highest BCUT2D eigenvalue weighted by molar-refractivity contribution is 7.15. The average molecular weight is 296 g/mol. The van der Waals surface area contributed by atoms with Crippen molar-refractivity contribution in [2.24, 2.45) is 0 Å². The Kier molecular flexibility index (Phi) is 3.58. The second kappa shape index (κ2) is 5.37. The van der Waals surface area contributed by atoms with Crippen molar-refractivity contribution in [1.29, 1.82) is 0 Å². The molecule has 3 rings (SSSR count). The van der Waals surface area contributed by atoms with E-state index in [0.29, 0.717) is 31.3 Å². The summed E-state index contributed by atoms with van der Waals surface area (Å²) in [5.41, 5.74) is 0.998. The minimum absolute atomic E-state index is 0.102. The average Bonchev–Trinajstić information content (AvgIpc) is 3.03. The number of hydrogen-bond donors (Lipinski definition) is 2. The van der Waals surface area contributed by atoms with E-state index < -0.39 is 6.04 Å². The first-order valence-electron chi connectivity index (χ1n) is 6.53. The molecule has 2 N–H and O–H groups in total. The van der Waals surface area contributed by atoms with Gasteiger partial charge < -0.3 is 15.0 Å². The Morgan fingerprint density at radius 1 is 1.60 bits per heavy atom. The highest BCUT2D eigenvalue weighted by Crippen LogP contribution is 2.27. The van der Waals surface area contributed by atoms with Gasteiger partial charge in [-0.1, -0.05) is 11.3 Å². The highest BCUT2D eigenvalue weighted by atomic mass is 32.1. The number of thiazole rings is 1. The first-order valence-corrected chi connectivity index (χ1v) is 7.34. The number of ether oxygens (including phenoxy) is 1. The molecule has 2 aliphatic rings. The van der Waals surface area contributed by atoms with Crippen LogP contribution in [0.1, 0.15) is 17.0 Å². The quantitative estimate of drug-likeness (QED) is 0.835. The fourth-order valence-corrected chi connectivity index (χ4v) is 3.29. The molecule has 1 saturated heterocycles. The molecule has 1 atom stereocenters. The van der Waals surface area contributed by atoms with E-state index in [1.54, 1.807) is 7.05 Å². The predicted octanol–water partition coefficient (Wildman–Crippen LogP) is 0.568. The van der Waals surface area contributed by atoms with Crippen LogP contribution in [0.3, 0.4) is 0 Å². The summed E-state index contributed by atoms with van der Waals surface area (Å²) >= 11 is 1.43. The van der Waals surface area contributed by atoms with Gasteiger partial charge in [-0.25, -0.2) is 9.78 Å².